The molecule has 0 radical (unpaired) electrons. The summed E-state index contributed by atoms with van der Waals surface area (Å²) in [5.74, 6) is 0.400. The van der Waals surface area contributed by atoms with Gasteiger partial charge in [-0.1, -0.05) is 0 Å². The molecule has 1 amide bonds. The third kappa shape index (κ3) is 3.11. The number of nitrogens with one attached hydrogen (secondary N) is 1. The highest BCUT2D eigenvalue weighted by molar-refractivity contribution is 14.1. The Labute approximate surface area is 127 Å². The molecule has 94 valence electrons. The molecule has 0 aliphatic heterocycles. The van der Waals surface area contributed by atoms with Crippen LogP contribution in [-0.2, 0) is 6.54 Å². The van der Waals surface area contributed by atoms with E-state index in [2.05, 4.69) is 48.8 Å². The fraction of sp³-hybridized carbons (Fsp3) is 0.167. The van der Waals surface area contributed by atoms with E-state index in [1.165, 1.54) is 0 Å². The van der Waals surface area contributed by atoms with E-state index in [0.29, 0.717) is 11.5 Å². The van der Waals surface area contributed by atoms with Crippen molar-refractivity contribution >= 4 is 50.2 Å². The predicted octanol–water partition coefficient (Wildman–Crippen LogP) is 3.52. The molecule has 0 aliphatic carbocycles. The summed E-state index contributed by atoms with van der Waals surface area (Å²) in [6.45, 7) is 2.74. The minimum absolute atomic E-state index is 0.156. The van der Waals surface area contributed by atoms with Crippen molar-refractivity contribution in [3.8, 4) is 0 Å². The van der Waals surface area contributed by atoms with E-state index in [4.69, 9.17) is 0 Å². The van der Waals surface area contributed by atoms with Gasteiger partial charge in [0, 0.05) is 27.0 Å². The van der Waals surface area contributed by atoms with Crippen LogP contribution in [0.4, 0.5) is 5.82 Å². The lowest BCUT2D eigenvalue weighted by atomic mass is 10.4. The summed E-state index contributed by atoms with van der Waals surface area (Å²) < 4.78 is 3.81. The van der Waals surface area contributed by atoms with Crippen molar-refractivity contribution in [2.75, 3.05) is 5.32 Å². The second-order valence-corrected chi connectivity index (χ2v) is 5.81. The van der Waals surface area contributed by atoms with Crippen LogP contribution in [0.3, 0.4) is 0 Å². The molecule has 0 saturated carbocycles. The van der Waals surface area contributed by atoms with E-state index < -0.39 is 0 Å². The summed E-state index contributed by atoms with van der Waals surface area (Å²) in [5.41, 5.74) is 0.615. The van der Waals surface area contributed by atoms with E-state index in [0.717, 1.165) is 14.6 Å². The number of carbonyl (C=O) groups excluding carboxylic acids is 1. The maximum Gasteiger partial charge on any atom is 0.273 e. The quantitative estimate of drug-likeness (QED) is 0.773. The van der Waals surface area contributed by atoms with Gasteiger partial charge in [-0.05, 0) is 63.6 Å². The van der Waals surface area contributed by atoms with Gasteiger partial charge in [-0.25, -0.2) is 4.98 Å². The molecule has 2 rings (SSSR count). The molecule has 4 nitrogen and oxygen atoms in total. The number of amides is 1. The zero-order chi connectivity index (χ0) is 13.1. The topological polar surface area (TPSA) is 46.9 Å². The molecule has 0 bridgehead atoms. The molecular formula is C12H11BrIN3O. The van der Waals surface area contributed by atoms with Crippen LogP contribution in [0.1, 0.15) is 17.4 Å². The molecule has 0 unspecified atom stereocenters. The molecular weight excluding hydrogens is 409 g/mol. The van der Waals surface area contributed by atoms with Crippen molar-refractivity contribution in [1.29, 1.82) is 0 Å². The lowest BCUT2D eigenvalue weighted by molar-refractivity contribution is 0.101. The summed E-state index contributed by atoms with van der Waals surface area (Å²) >= 11 is 5.54. The molecule has 0 spiro atoms. The van der Waals surface area contributed by atoms with Gasteiger partial charge < -0.3 is 9.88 Å². The largest absolute Gasteiger partial charge is 0.343 e. The first-order valence-electron chi connectivity index (χ1n) is 5.38. The Kier molecular flexibility index (Phi) is 4.39. The Morgan fingerprint density at radius 3 is 2.94 bits per heavy atom. The Balaban J connectivity index is 2.19. The summed E-state index contributed by atoms with van der Waals surface area (Å²) in [6, 6.07) is 5.48. The van der Waals surface area contributed by atoms with Crippen molar-refractivity contribution < 1.29 is 4.79 Å². The highest BCUT2D eigenvalue weighted by Gasteiger charge is 2.12. The van der Waals surface area contributed by atoms with Gasteiger partial charge in [-0.3, -0.25) is 4.79 Å². The van der Waals surface area contributed by atoms with Crippen LogP contribution in [0.2, 0.25) is 0 Å². The van der Waals surface area contributed by atoms with Crippen molar-refractivity contribution in [3.05, 3.63) is 44.3 Å². The highest BCUT2D eigenvalue weighted by atomic mass is 127. The number of carbonyl (C=O) groups is 1. The van der Waals surface area contributed by atoms with Gasteiger partial charge in [-0.15, -0.1) is 0 Å². The number of nitrogens with zero attached hydrogens (tertiary/aromatic N) is 2. The zero-order valence-corrected chi connectivity index (χ0v) is 13.4. The lowest BCUT2D eigenvalue weighted by Gasteiger charge is -2.06. The van der Waals surface area contributed by atoms with E-state index in [-0.39, 0.29) is 5.91 Å². The van der Waals surface area contributed by atoms with Crippen molar-refractivity contribution in [2.24, 2.45) is 0 Å². The SMILES string of the molecule is CCn1cc(Br)cc1C(=O)Nc1ccc(I)cn1. The van der Waals surface area contributed by atoms with Crippen LogP contribution < -0.4 is 5.32 Å². The zero-order valence-electron chi connectivity index (χ0n) is 9.65. The number of hydrogen-bond donors (Lipinski definition) is 1. The first-order chi connectivity index (χ1) is 8.60. The van der Waals surface area contributed by atoms with Gasteiger partial charge in [0.05, 0.1) is 0 Å². The highest BCUT2D eigenvalue weighted by Crippen LogP contribution is 2.16. The number of aryl methyl sites for hydroxylation is 1. The fourth-order valence-corrected chi connectivity index (χ4v) is 2.34. The first kappa shape index (κ1) is 13.5. The van der Waals surface area contributed by atoms with Crippen molar-refractivity contribution in [1.82, 2.24) is 9.55 Å². The molecule has 2 aromatic heterocycles. The van der Waals surface area contributed by atoms with E-state index in [1.54, 1.807) is 18.3 Å². The predicted molar refractivity (Wildman–Crippen MR) is 82.7 cm³/mol. The second-order valence-electron chi connectivity index (χ2n) is 3.65. The Morgan fingerprint density at radius 2 is 2.33 bits per heavy atom. The van der Waals surface area contributed by atoms with Crippen LogP contribution in [0.15, 0.2) is 35.1 Å². The standard InChI is InChI=1S/C12H11BrIN3O/c1-2-17-7-8(13)5-10(17)12(18)16-11-4-3-9(14)6-15-11/h3-7H,2H2,1H3,(H,15,16,18). The molecule has 0 atom stereocenters. The maximum absolute atomic E-state index is 12.1. The van der Waals surface area contributed by atoms with E-state index in [9.17, 15) is 4.79 Å². The molecule has 2 aromatic rings. The smallest absolute Gasteiger partial charge is 0.273 e. The number of halogens is 2. The number of aromatic nitrogens is 2. The van der Waals surface area contributed by atoms with Gasteiger partial charge in [0.2, 0.25) is 0 Å². The minimum atomic E-state index is -0.156. The average molecular weight is 420 g/mol. The van der Waals surface area contributed by atoms with Crippen molar-refractivity contribution in [3.63, 3.8) is 0 Å². The molecule has 6 heteroatoms. The fourth-order valence-electron chi connectivity index (χ4n) is 1.56. The van der Waals surface area contributed by atoms with Crippen molar-refractivity contribution in [2.45, 2.75) is 13.5 Å². The summed E-state index contributed by atoms with van der Waals surface area (Å²) in [6.07, 6.45) is 3.60. The molecule has 0 fully saturated rings. The Bertz CT molecular complexity index is 565. The van der Waals surface area contributed by atoms with Gasteiger partial charge >= 0.3 is 0 Å². The van der Waals surface area contributed by atoms with Gasteiger partial charge in [0.25, 0.3) is 5.91 Å². The maximum atomic E-state index is 12.1. The molecule has 1 N–H and O–H groups in total. The average Bonchev–Trinajstić information content (AvgIpc) is 2.73. The summed E-state index contributed by atoms with van der Waals surface area (Å²) in [5, 5.41) is 2.78. The number of rotatable bonds is 3. The molecule has 2 heterocycles. The van der Waals surface area contributed by atoms with Crippen LogP contribution in [0, 0.1) is 3.57 Å². The Morgan fingerprint density at radius 1 is 1.56 bits per heavy atom. The first-order valence-corrected chi connectivity index (χ1v) is 7.26. The lowest BCUT2D eigenvalue weighted by Crippen LogP contribution is -2.17. The van der Waals surface area contributed by atoms with Gasteiger partial charge in [0.15, 0.2) is 0 Å². The molecule has 18 heavy (non-hydrogen) atoms. The van der Waals surface area contributed by atoms with E-state index >= 15 is 0 Å². The number of hydrogen-bond acceptors (Lipinski definition) is 2. The van der Waals surface area contributed by atoms with Gasteiger partial charge in [-0.2, -0.15) is 0 Å². The van der Waals surface area contributed by atoms with Crippen LogP contribution >= 0.6 is 38.5 Å². The monoisotopic (exact) mass is 419 g/mol. The minimum Gasteiger partial charge on any atom is -0.343 e. The van der Waals surface area contributed by atoms with Crippen LogP contribution in [-0.4, -0.2) is 15.5 Å². The van der Waals surface area contributed by atoms with E-state index in [1.807, 2.05) is 23.8 Å². The third-order valence-electron chi connectivity index (χ3n) is 2.41. The molecule has 0 saturated heterocycles. The number of pyridine rings is 1. The third-order valence-corrected chi connectivity index (χ3v) is 3.48. The van der Waals surface area contributed by atoms with Crippen LogP contribution in [0.25, 0.3) is 0 Å². The number of anilines is 1. The molecule has 0 aliphatic rings. The van der Waals surface area contributed by atoms with Crippen LogP contribution in [0.5, 0.6) is 0 Å². The second kappa shape index (κ2) is 5.83. The van der Waals surface area contributed by atoms with Gasteiger partial charge in [0.1, 0.15) is 11.5 Å². The molecule has 0 aromatic carbocycles. The summed E-state index contributed by atoms with van der Waals surface area (Å²) in [4.78, 5) is 16.2. The Hall–Kier alpha value is -0.890. The normalized spacial score (nSPS) is 10.4. The summed E-state index contributed by atoms with van der Waals surface area (Å²) in [7, 11) is 0.